The van der Waals surface area contributed by atoms with Crippen LogP contribution in [0.2, 0.25) is 10.0 Å². The van der Waals surface area contributed by atoms with Gasteiger partial charge in [0.25, 0.3) is 0 Å². The van der Waals surface area contributed by atoms with E-state index in [1.807, 2.05) is 0 Å². The molecule has 0 amide bonds. The average molecular weight is 365 g/mol. The molecule has 0 N–H and O–H groups in total. The van der Waals surface area contributed by atoms with E-state index in [4.69, 9.17) is 23.2 Å². The number of nitro benzene ring substituents is 2. The van der Waals surface area contributed by atoms with Gasteiger partial charge < -0.3 is 0 Å². The van der Waals surface area contributed by atoms with Crippen LogP contribution >= 0.6 is 23.2 Å². The summed E-state index contributed by atoms with van der Waals surface area (Å²) in [7, 11) is 0. The Labute approximate surface area is 144 Å². The van der Waals surface area contributed by atoms with Crippen molar-refractivity contribution in [2.75, 3.05) is 0 Å². The lowest BCUT2D eigenvalue weighted by Gasteiger charge is -2.04. The van der Waals surface area contributed by atoms with Crippen LogP contribution in [0.25, 0.3) is 22.3 Å². The fourth-order valence-electron chi connectivity index (χ4n) is 2.12. The molecule has 24 heavy (non-hydrogen) atoms. The smallest absolute Gasteiger partial charge is 0.258 e. The zero-order chi connectivity index (χ0) is 17.4. The standard InChI is InChI=1S/C14H6Cl2N4O4/c15-8-2-1-7(3-9(8)16)12-6-17-10-4-13(19(21)22)14(20(23)24)5-11(10)18-12/h1-6H. The summed E-state index contributed by atoms with van der Waals surface area (Å²) in [4.78, 5) is 28.7. The number of nitrogens with zero attached hydrogens (tertiary/aromatic N) is 4. The van der Waals surface area contributed by atoms with E-state index >= 15 is 0 Å². The summed E-state index contributed by atoms with van der Waals surface area (Å²) in [5.41, 5.74) is 0.0770. The SMILES string of the molecule is O=[N+]([O-])c1cc2ncc(-c3ccc(Cl)c(Cl)c3)nc2cc1[N+](=O)[O-]. The molecule has 120 valence electrons. The third-order valence-electron chi connectivity index (χ3n) is 3.25. The molecular weight excluding hydrogens is 359 g/mol. The summed E-state index contributed by atoms with van der Waals surface area (Å²) < 4.78 is 0. The predicted octanol–water partition coefficient (Wildman–Crippen LogP) is 4.42. The molecular formula is C14H6Cl2N4O4. The maximum Gasteiger partial charge on any atom is 0.348 e. The highest BCUT2D eigenvalue weighted by atomic mass is 35.5. The minimum Gasteiger partial charge on any atom is -0.258 e. The first-order valence-corrected chi connectivity index (χ1v) is 7.17. The van der Waals surface area contributed by atoms with Crippen LogP contribution in [-0.2, 0) is 0 Å². The Bertz CT molecular complexity index is 1010. The quantitative estimate of drug-likeness (QED) is 0.502. The Morgan fingerprint density at radius 2 is 1.50 bits per heavy atom. The molecule has 0 bridgehead atoms. The summed E-state index contributed by atoms with van der Waals surface area (Å²) in [5, 5.41) is 22.7. The van der Waals surface area contributed by atoms with Crippen molar-refractivity contribution in [1.29, 1.82) is 0 Å². The van der Waals surface area contributed by atoms with Crippen LogP contribution in [0.5, 0.6) is 0 Å². The van der Waals surface area contributed by atoms with Gasteiger partial charge in [0.15, 0.2) is 0 Å². The Balaban J connectivity index is 2.20. The summed E-state index contributed by atoms with van der Waals surface area (Å²) in [5.74, 6) is 0. The Morgan fingerprint density at radius 3 is 2.08 bits per heavy atom. The van der Waals surface area contributed by atoms with Crippen molar-refractivity contribution in [2.24, 2.45) is 0 Å². The molecule has 0 unspecified atom stereocenters. The van der Waals surface area contributed by atoms with Gasteiger partial charge in [-0.3, -0.25) is 25.2 Å². The summed E-state index contributed by atoms with van der Waals surface area (Å²) in [6.45, 7) is 0. The van der Waals surface area contributed by atoms with E-state index in [2.05, 4.69) is 9.97 Å². The predicted molar refractivity (Wildman–Crippen MR) is 88.3 cm³/mol. The van der Waals surface area contributed by atoms with Gasteiger partial charge in [-0.2, -0.15) is 0 Å². The molecule has 0 spiro atoms. The van der Waals surface area contributed by atoms with Gasteiger partial charge in [-0.25, -0.2) is 4.98 Å². The van der Waals surface area contributed by atoms with Crippen molar-refractivity contribution >= 4 is 45.6 Å². The van der Waals surface area contributed by atoms with Crippen LogP contribution in [0.4, 0.5) is 11.4 Å². The third kappa shape index (κ3) is 2.84. The van der Waals surface area contributed by atoms with Crippen molar-refractivity contribution in [3.05, 3.63) is 66.8 Å². The van der Waals surface area contributed by atoms with Crippen molar-refractivity contribution in [2.45, 2.75) is 0 Å². The molecule has 2 aromatic carbocycles. The second kappa shape index (κ2) is 5.99. The molecule has 0 fully saturated rings. The fraction of sp³-hybridized carbons (Fsp3) is 0. The van der Waals surface area contributed by atoms with Gasteiger partial charge in [0.05, 0.1) is 54.9 Å². The first-order valence-electron chi connectivity index (χ1n) is 6.42. The zero-order valence-corrected chi connectivity index (χ0v) is 13.2. The van der Waals surface area contributed by atoms with Crippen LogP contribution in [0.15, 0.2) is 36.5 Å². The van der Waals surface area contributed by atoms with E-state index in [1.54, 1.807) is 18.2 Å². The lowest BCUT2D eigenvalue weighted by molar-refractivity contribution is -0.422. The van der Waals surface area contributed by atoms with Gasteiger partial charge >= 0.3 is 11.4 Å². The summed E-state index contributed by atoms with van der Waals surface area (Å²) >= 11 is 11.8. The first kappa shape index (κ1) is 16.0. The number of nitro groups is 2. The number of hydrogen-bond acceptors (Lipinski definition) is 6. The maximum absolute atomic E-state index is 11.0. The van der Waals surface area contributed by atoms with Crippen LogP contribution in [0.1, 0.15) is 0 Å². The highest BCUT2D eigenvalue weighted by Gasteiger charge is 2.25. The molecule has 1 aromatic heterocycles. The maximum atomic E-state index is 11.0. The number of hydrogen-bond donors (Lipinski definition) is 0. The molecule has 0 atom stereocenters. The number of benzene rings is 2. The van der Waals surface area contributed by atoms with Gasteiger partial charge in [-0.05, 0) is 12.1 Å². The van der Waals surface area contributed by atoms with Crippen LogP contribution in [0, 0.1) is 20.2 Å². The van der Waals surface area contributed by atoms with Crippen LogP contribution < -0.4 is 0 Å². The lowest BCUT2D eigenvalue weighted by Crippen LogP contribution is -1.98. The van der Waals surface area contributed by atoms with Gasteiger partial charge in [0.2, 0.25) is 0 Å². The Kier molecular flexibility index (Phi) is 4.00. The molecule has 0 aliphatic heterocycles. The average Bonchev–Trinajstić information content (AvgIpc) is 2.55. The molecule has 0 aliphatic rings. The first-order chi connectivity index (χ1) is 11.4. The van der Waals surface area contributed by atoms with Crippen LogP contribution in [-0.4, -0.2) is 19.8 Å². The molecule has 1 heterocycles. The molecule has 0 saturated carbocycles. The van der Waals surface area contributed by atoms with E-state index in [9.17, 15) is 20.2 Å². The number of aromatic nitrogens is 2. The van der Waals surface area contributed by atoms with E-state index in [0.717, 1.165) is 12.1 Å². The molecule has 8 nitrogen and oxygen atoms in total. The Morgan fingerprint density at radius 1 is 0.875 bits per heavy atom. The topological polar surface area (TPSA) is 112 Å². The minimum atomic E-state index is -0.828. The van der Waals surface area contributed by atoms with E-state index in [0.29, 0.717) is 21.3 Å². The van der Waals surface area contributed by atoms with E-state index in [1.165, 1.54) is 6.20 Å². The Hall–Kier alpha value is -2.84. The lowest BCUT2D eigenvalue weighted by atomic mass is 10.1. The van der Waals surface area contributed by atoms with Crippen molar-refractivity contribution < 1.29 is 9.85 Å². The number of fused-ring (bicyclic) bond motifs is 1. The van der Waals surface area contributed by atoms with Crippen molar-refractivity contribution in [1.82, 2.24) is 9.97 Å². The monoisotopic (exact) mass is 364 g/mol. The summed E-state index contributed by atoms with van der Waals surface area (Å²) in [6, 6.07) is 6.90. The van der Waals surface area contributed by atoms with E-state index < -0.39 is 21.2 Å². The molecule has 3 aromatic rings. The molecule has 10 heteroatoms. The summed E-state index contributed by atoms with van der Waals surface area (Å²) in [6.07, 6.45) is 1.40. The van der Waals surface area contributed by atoms with Crippen LogP contribution in [0.3, 0.4) is 0 Å². The number of halogens is 2. The molecule has 0 aliphatic carbocycles. The second-order valence-corrected chi connectivity index (χ2v) is 5.54. The zero-order valence-electron chi connectivity index (χ0n) is 11.6. The molecule has 0 radical (unpaired) electrons. The van der Waals surface area contributed by atoms with E-state index in [-0.39, 0.29) is 11.0 Å². The highest BCUT2D eigenvalue weighted by Crippen LogP contribution is 2.32. The second-order valence-electron chi connectivity index (χ2n) is 4.73. The van der Waals surface area contributed by atoms with Gasteiger partial charge in [-0.15, -0.1) is 0 Å². The largest absolute Gasteiger partial charge is 0.348 e. The van der Waals surface area contributed by atoms with Gasteiger partial charge in [0.1, 0.15) is 0 Å². The third-order valence-corrected chi connectivity index (χ3v) is 3.99. The molecule has 3 rings (SSSR count). The van der Waals surface area contributed by atoms with Gasteiger partial charge in [0, 0.05) is 5.56 Å². The van der Waals surface area contributed by atoms with Crippen molar-refractivity contribution in [3.8, 4) is 11.3 Å². The number of rotatable bonds is 3. The van der Waals surface area contributed by atoms with Crippen molar-refractivity contribution in [3.63, 3.8) is 0 Å². The minimum absolute atomic E-state index is 0.163. The van der Waals surface area contributed by atoms with Gasteiger partial charge in [-0.1, -0.05) is 29.3 Å². The fourth-order valence-corrected chi connectivity index (χ4v) is 2.42. The molecule has 0 saturated heterocycles. The highest BCUT2D eigenvalue weighted by molar-refractivity contribution is 6.42. The normalized spacial score (nSPS) is 10.8.